The molecule has 0 aliphatic carbocycles. The van der Waals surface area contributed by atoms with E-state index >= 15 is 0 Å². The Kier molecular flexibility index (Phi) is 4.45. The van der Waals surface area contributed by atoms with Gasteiger partial charge in [0.2, 0.25) is 0 Å². The summed E-state index contributed by atoms with van der Waals surface area (Å²) >= 11 is 0. The van der Waals surface area contributed by atoms with Crippen LogP contribution >= 0.6 is 12.4 Å². The summed E-state index contributed by atoms with van der Waals surface area (Å²) in [7, 11) is 0. The Labute approximate surface area is 90.2 Å². The van der Waals surface area contributed by atoms with Crippen LogP contribution in [-0.2, 0) is 4.74 Å². The molecule has 1 aliphatic heterocycles. The molecule has 2 unspecified atom stereocenters. The van der Waals surface area contributed by atoms with Crippen molar-refractivity contribution in [1.82, 2.24) is 5.32 Å². The van der Waals surface area contributed by atoms with Crippen LogP contribution in [0.25, 0.3) is 0 Å². The van der Waals surface area contributed by atoms with Crippen LogP contribution in [-0.4, -0.2) is 19.2 Å². The van der Waals surface area contributed by atoms with Crippen LogP contribution in [0.4, 0.5) is 0 Å². The topological polar surface area (TPSA) is 34.4 Å². The molecule has 0 aromatic carbocycles. The second-order valence-electron chi connectivity index (χ2n) is 3.41. The smallest absolute Gasteiger partial charge is 0.132 e. The zero-order chi connectivity index (χ0) is 9.10. The summed E-state index contributed by atoms with van der Waals surface area (Å²) in [6, 6.07) is 3.84. The Morgan fingerprint density at radius 1 is 1.64 bits per heavy atom. The van der Waals surface area contributed by atoms with Crippen molar-refractivity contribution in [1.29, 1.82) is 0 Å². The molecule has 80 valence electrons. The Hall–Kier alpha value is -0.510. The first-order valence-corrected chi connectivity index (χ1v) is 4.76. The molecule has 1 aromatic rings. The van der Waals surface area contributed by atoms with E-state index in [0.717, 1.165) is 25.3 Å². The van der Waals surface area contributed by atoms with Gasteiger partial charge in [0.25, 0.3) is 0 Å². The molecular weight excluding hydrogens is 202 g/mol. The molecule has 3 nitrogen and oxygen atoms in total. The molecule has 14 heavy (non-hydrogen) atoms. The molecule has 2 atom stereocenters. The first kappa shape index (κ1) is 11.6. The number of hydrogen-bond acceptors (Lipinski definition) is 3. The molecule has 0 radical (unpaired) electrons. The molecule has 0 bridgehead atoms. The minimum atomic E-state index is 0. The molecule has 1 saturated heterocycles. The second kappa shape index (κ2) is 5.39. The van der Waals surface area contributed by atoms with E-state index < -0.39 is 0 Å². The summed E-state index contributed by atoms with van der Waals surface area (Å²) in [5.41, 5.74) is 0. The van der Waals surface area contributed by atoms with Crippen LogP contribution in [0, 0.1) is 0 Å². The molecule has 1 N–H and O–H groups in total. The second-order valence-corrected chi connectivity index (χ2v) is 3.41. The Morgan fingerprint density at radius 2 is 2.50 bits per heavy atom. The highest BCUT2D eigenvalue weighted by atomic mass is 35.5. The molecule has 1 aliphatic rings. The maximum Gasteiger partial charge on any atom is 0.132 e. The molecule has 1 aromatic heterocycles. The largest absolute Gasteiger partial charge is 0.467 e. The summed E-state index contributed by atoms with van der Waals surface area (Å²) < 4.78 is 11.1. The monoisotopic (exact) mass is 217 g/mol. The third-order valence-electron chi connectivity index (χ3n) is 2.36. The van der Waals surface area contributed by atoms with Crippen molar-refractivity contribution in [3.05, 3.63) is 24.2 Å². The minimum Gasteiger partial charge on any atom is -0.467 e. The van der Waals surface area contributed by atoms with Gasteiger partial charge in [-0.25, -0.2) is 0 Å². The lowest BCUT2D eigenvalue weighted by Crippen LogP contribution is -2.18. The van der Waals surface area contributed by atoms with Crippen molar-refractivity contribution >= 4 is 12.4 Å². The third-order valence-corrected chi connectivity index (χ3v) is 2.36. The fourth-order valence-corrected chi connectivity index (χ4v) is 1.62. The Bertz CT molecular complexity index is 245. The van der Waals surface area contributed by atoms with Crippen LogP contribution in [0.3, 0.4) is 0 Å². The van der Waals surface area contributed by atoms with Gasteiger partial charge < -0.3 is 14.5 Å². The number of nitrogens with one attached hydrogen (secondary N) is 1. The first-order chi connectivity index (χ1) is 6.36. The van der Waals surface area contributed by atoms with Gasteiger partial charge in [0, 0.05) is 6.54 Å². The minimum absolute atomic E-state index is 0. The zero-order valence-electron chi connectivity index (χ0n) is 8.23. The van der Waals surface area contributed by atoms with Crippen molar-refractivity contribution in [3.63, 3.8) is 0 Å². The maximum atomic E-state index is 5.80. The average molecular weight is 218 g/mol. The lowest BCUT2D eigenvalue weighted by Gasteiger charge is -2.15. The molecular formula is C10H16ClNO2. The molecule has 0 amide bonds. The van der Waals surface area contributed by atoms with Gasteiger partial charge in [0.1, 0.15) is 11.9 Å². The van der Waals surface area contributed by atoms with Gasteiger partial charge in [-0.2, -0.15) is 0 Å². The summed E-state index contributed by atoms with van der Waals surface area (Å²) in [5, 5.41) is 3.27. The summed E-state index contributed by atoms with van der Waals surface area (Å²) in [6.07, 6.45) is 3.20. The SMILES string of the molecule is CC(OC1CCNC1)c1ccco1.Cl. The van der Waals surface area contributed by atoms with Gasteiger partial charge in [0.05, 0.1) is 12.4 Å². The summed E-state index contributed by atoms with van der Waals surface area (Å²) in [4.78, 5) is 0. The van der Waals surface area contributed by atoms with Crippen LogP contribution in [0.1, 0.15) is 25.2 Å². The van der Waals surface area contributed by atoms with E-state index in [1.165, 1.54) is 0 Å². The molecule has 2 heterocycles. The quantitative estimate of drug-likeness (QED) is 0.843. The highest BCUT2D eigenvalue weighted by Crippen LogP contribution is 2.20. The molecule has 0 spiro atoms. The van der Waals surface area contributed by atoms with Crippen molar-refractivity contribution in [2.75, 3.05) is 13.1 Å². The van der Waals surface area contributed by atoms with Crippen LogP contribution in [0.2, 0.25) is 0 Å². The average Bonchev–Trinajstić information content (AvgIpc) is 2.74. The molecule has 4 heteroatoms. The molecule has 2 rings (SSSR count). The van der Waals surface area contributed by atoms with E-state index in [9.17, 15) is 0 Å². The van der Waals surface area contributed by atoms with Gasteiger partial charge >= 0.3 is 0 Å². The first-order valence-electron chi connectivity index (χ1n) is 4.76. The van der Waals surface area contributed by atoms with Crippen molar-refractivity contribution in [2.24, 2.45) is 0 Å². The van der Waals surface area contributed by atoms with Gasteiger partial charge in [-0.15, -0.1) is 12.4 Å². The zero-order valence-corrected chi connectivity index (χ0v) is 9.05. The van der Waals surface area contributed by atoms with Crippen LogP contribution in [0.15, 0.2) is 22.8 Å². The lowest BCUT2D eigenvalue weighted by molar-refractivity contribution is -0.00297. The van der Waals surface area contributed by atoms with Gasteiger partial charge in [-0.3, -0.25) is 0 Å². The van der Waals surface area contributed by atoms with Crippen molar-refractivity contribution in [3.8, 4) is 0 Å². The highest BCUT2D eigenvalue weighted by Gasteiger charge is 2.19. The maximum absolute atomic E-state index is 5.80. The van der Waals surface area contributed by atoms with Crippen LogP contribution < -0.4 is 5.32 Å². The van der Waals surface area contributed by atoms with E-state index in [4.69, 9.17) is 9.15 Å². The van der Waals surface area contributed by atoms with Gasteiger partial charge in [0.15, 0.2) is 0 Å². The van der Waals surface area contributed by atoms with Gasteiger partial charge in [-0.1, -0.05) is 0 Å². The number of halogens is 1. The highest BCUT2D eigenvalue weighted by molar-refractivity contribution is 5.85. The van der Waals surface area contributed by atoms with Crippen molar-refractivity contribution in [2.45, 2.75) is 25.6 Å². The van der Waals surface area contributed by atoms with E-state index in [1.54, 1.807) is 6.26 Å². The lowest BCUT2D eigenvalue weighted by atomic mass is 10.2. The predicted octanol–water partition coefficient (Wildman–Crippen LogP) is 2.14. The van der Waals surface area contributed by atoms with Crippen molar-refractivity contribution < 1.29 is 9.15 Å². The summed E-state index contributed by atoms with van der Waals surface area (Å²) in [6.45, 7) is 4.05. The summed E-state index contributed by atoms with van der Waals surface area (Å²) in [5.74, 6) is 0.909. The Morgan fingerprint density at radius 3 is 3.07 bits per heavy atom. The van der Waals surface area contributed by atoms with Gasteiger partial charge in [-0.05, 0) is 32.0 Å². The fourth-order valence-electron chi connectivity index (χ4n) is 1.62. The van der Waals surface area contributed by atoms with Crippen LogP contribution in [0.5, 0.6) is 0 Å². The number of rotatable bonds is 3. The van der Waals surface area contributed by atoms with E-state index in [2.05, 4.69) is 5.32 Å². The normalized spacial score (nSPS) is 23.1. The Balaban J connectivity index is 0.000000980. The predicted molar refractivity (Wildman–Crippen MR) is 56.7 cm³/mol. The third kappa shape index (κ3) is 2.74. The van der Waals surface area contributed by atoms with E-state index in [-0.39, 0.29) is 18.5 Å². The number of furan rings is 1. The fraction of sp³-hybridized carbons (Fsp3) is 0.600. The van der Waals surface area contributed by atoms with E-state index in [1.807, 2.05) is 19.1 Å². The standard InChI is InChI=1S/C10H15NO2.ClH/c1-8(10-3-2-6-12-10)13-9-4-5-11-7-9;/h2-3,6,8-9,11H,4-5,7H2,1H3;1H. The molecule has 0 saturated carbocycles. The number of hydrogen-bond donors (Lipinski definition) is 1. The molecule has 1 fully saturated rings. The van der Waals surface area contributed by atoms with E-state index in [0.29, 0.717) is 6.10 Å². The number of ether oxygens (including phenoxy) is 1.